The Morgan fingerprint density at radius 2 is 1.71 bits per heavy atom. The summed E-state index contributed by atoms with van der Waals surface area (Å²) in [4.78, 5) is 20.5. The van der Waals surface area contributed by atoms with Crippen molar-refractivity contribution in [2.75, 3.05) is 29.4 Å². The zero-order chi connectivity index (χ0) is 24.2. The summed E-state index contributed by atoms with van der Waals surface area (Å²) in [6.45, 7) is 6.79. The van der Waals surface area contributed by atoms with Gasteiger partial charge in [0.05, 0.1) is 5.69 Å². The van der Waals surface area contributed by atoms with Gasteiger partial charge in [-0.1, -0.05) is 60.7 Å². The molecule has 1 saturated heterocycles. The second-order valence-corrected chi connectivity index (χ2v) is 9.10. The number of fused-ring (bicyclic) bond motifs is 1. The molecule has 2 aromatic carbocycles. The van der Waals surface area contributed by atoms with Gasteiger partial charge in [-0.2, -0.15) is 5.10 Å². The van der Waals surface area contributed by atoms with Crippen molar-refractivity contribution in [1.29, 1.82) is 0 Å². The summed E-state index contributed by atoms with van der Waals surface area (Å²) in [5, 5.41) is 14.5. The smallest absolute Gasteiger partial charge is 0.217 e. The fraction of sp³-hybridized carbons (Fsp3) is 0.286. The monoisotopic (exact) mass is 466 g/mol. The van der Waals surface area contributed by atoms with E-state index in [4.69, 9.17) is 5.10 Å². The third-order valence-electron chi connectivity index (χ3n) is 6.53. The second-order valence-electron chi connectivity index (χ2n) is 9.10. The fourth-order valence-electron chi connectivity index (χ4n) is 4.69. The largest absolute Gasteiger partial charge is 0.353 e. The van der Waals surface area contributed by atoms with Gasteiger partial charge < -0.3 is 15.1 Å². The first-order valence-corrected chi connectivity index (χ1v) is 12.1. The van der Waals surface area contributed by atoms with E-state index in [1.54, 1.807) is 0 Å². The molecular formula is C28H30N6O. The van der Waals surface area contributed by atoms with Crippen molar-refractivity contribution < 1.29 is 4.79 Å². The lowest BCUT2D eigenvalue weighted by molar-refractivity contribution is -0.119. The van der Waals surface area contributed by atoms with E-state index in [1.807, 2.05) is 24.4 Å². The Morgan fingerprint density at radius 1 is 0.943 bits per heavy atom. The number of nitrogens with one attached hydrogen (secondary N) is 1. The predicted octanol–water partition coefficient (Wildman–Crippen LogP) is 3.97. The molecule has 1 aliphatic heterocycles. The highest BCUT2D eigenvalue weighted by Gasteiger charge is 2.27. The summed E-state index contributed by atoms with van der Waals surface area (Å²) in [5.41, 5.74) is 3.23. The van der Waals surface area contributed by atoms with Crippen LogP contribution in [0.25, 0.3) is 10.8 Å². The molecule has 7 nitrogen and oxygen atoms in total. The van der Waals surface area contributed by atoms with Gasteiger partial charge >= 0.3 is 0 Å². The van der Waals surface area contributed by atoms with E-state index in [-0.39, 0.29) is 11.9 Å². The van der Waals surface area contributed by atoms with Crippen LogP contribution >= 0.6 is 0 Å². The van der Waals surface area contributed by atoms with Crippen molar-refractivity contribution in [2.24, 2.45) is 0 Å². The number of aromatic nitrogens is 3. The maximum absolute atomic E-state index is 11.1. The number of rotatable bonds is 6. The molecule has 1 N–H and O–H groups in total. The molecule has 0 saturated carbocycles. The summed E-state index contributed by atoms with van der Waals surface area (Å²) in [7, 11) is 0. The molecule has 7 heteroatoms. The Morgan fingerprint density at radius 3 is 2.43 bits per heavy atom. The van der Waals surface area contributed by atoms with E-state index in [0.29, 0.717) is 6.54 Å². The molecule has 0 spiro atoms. The second kappa shape index (κ2) is 10.1. The van der Waals surface area contributed by atoms with Gasteiger partial charge in [-0.3, -0.25) is 4.79 Å². The molecule has 1 amide bonds. The maximum atomic E-state index is 11.1. The Bertz CT molecular complexity index is 1310. The van der Waals surface area contributed by atoms with E-state index >= 15 is 0 Å². The summed E-state index contributed by atoms with van der Waals surface area (Å²) >= 11 is 0. The van der Waals surface area contributed by atoms with E-state index < -0.39 is 0 Å². The number of piperazine rings is 1. The third-order valence-corrected chi connectivity index (χ3v) is 6.53. The van der Waals surface area contributed by atoms with Crippen molar-refractivity contribution in [1.82, 2.24) is 20.5 Å². The van der Waals surface area contributed by atoms with Gasteiger partial charge in [0.2, 0.25) is 5.91 Å². The first kappa shape index (κ1) is 22.8. The number of anilines is 2. The van der Waals surface area contributed by atoms with E-state index in [9.17, 15) is 4.79 Å². The number of nitrogens with zero attached hydrogens (tertiary/aromatic N) is 5. The summed E-state index contributed by atoms with van der Waals surface area (Å²) < 4.78 is 0. The quantitative estimate of drug-likeness (QED) is 0.464. The number of hydrogen-bond acceptors (Lipinski definition) is 6. The van der Waals surface area contributed by atoms with Crippen LogP contribution in [0.3, 0.4) is 0 Å². The molecule has 1 atom stereocenters. The van der Waals surface area contributed by atoms with Crippen LogP contribution in [-0.4, -0.2) is 46.8 Å². The molecule has 2 aromatic heterocycles. The topological polar surface area (TPSA) is 74.2 Å². The Kier molecular flexibility index (Phi) is 6.57. The molecule has 1 fully saturated rings. The summed E-state index contributed by atoms with van der Waals surface area (Å²) in [6, 6.07) is 23.2. The number of carbonyl (C=O) groups excluding carboxylic acids is 1. The molecule has 178 valence electrons. The number of pyridine rings is 1. The van der Waals surface area contributed by atoms with Crippen molar-refractivity contribution in [3.8, 4) is 0 Å². The van der Waals surface area contributed by atoms with Gasteiger partial charge in [0.25, 0.3) is 0 Å². The fourth-order valence-corrected chi connectivity index (χ4v) is 4.69. The van der Waals surface area contributed by atoms with Crippen LogP contribution in [0.15, 0.2) is 72.9 Å². The zero-order valence-corrected chi connectivity index (χ0v) is 20.2. The van der Waals surface area contributed by atoms with Crippen molar-refractivity contribution in [3.63, 3.8) is 0 Å². The predicted molar refractivity (Wildman–Crippen MR) is 140 cm³/mol. The Balaban J connectivity index is 1.33. The lowest BCUT2D eigenvalue weighted by Crippen LogP contribution is -2.52. The molecule has 3 heterocycles. The molecule has 0 radical (unpaired) electrons. The van der Waals surface area contributed by atoms with Crippen LogP contribution < -0.4 is 15.1 Å². The molecule has 5 rings (SSSR count). The zero-order valence-electron chi connectivity index (χ0n) is 20.2. The van der Waals surface area contributed by atoms with E-state index in [0.717, 1.165) is 59.7 Å². The van der Waals surface area contributed by atoms with Crippen molar-refractivity contribution in [3.05, 3.63) is 89.7 Å². The van der Waals surface area contributed by atoms with Gasteiger partial charge in [0.15, 0.2) is 5.82 Å². The minimum absolute atomic E-state index is 0.0391. The molecule has 0 aliphatic carbocycles. The minimum atomic E-state index is -0.0391. The van der Waals surface area contributed by atoms with Gasteiger partial charge in [-0.15, -0.1) is 5.10 Å². The standard InChI is InChI=1S/C28H30N6O/c1-20-19-33(27-13-12-23(18-30-27)17-29-21(2)35)14-15-34(20)28-25-11-7-6-10-24(25)26(31-32-28)16-22-8-4-3-5-9-22/h3-13,18,20H,14-17,19H2,1-2H3,(H,29,35)/t20-/m0/s1. The molecule has 4 aromatic rings. The maximum Gasteiger partial charge on any atom is 0.217 e. The van der Waals surface area contributed by atoms with E-state index in [1.165, 1.54) is 12.5 Å². The van der Waals surface area contributed by atoms with Crippen LogP contribution in [0.5, 0.6) is 0 Å². The average Bonchev–Trinajstić information content (AvgIpc) is 2.89. The number of amides is 1. The van der Waals surface area contributed by atoms with Crippen LogP contribution in [0, 0.1) is 0 Å². The SMILES string of the molecule is CC(=O)NCc1ccc(N2CCN(c3nnc(Cc4ccccc4)c4ccccc34)[C@@H](C)C2)nc1. The first-order valence-electron chi connectivity index (χ1n) is 12.1. The number of carbonyl (C=O) groups is 1. The minimum Gasteiger partial charge on any atom is -0.353 e. The highest BCUT2D eigenvalue weighted by Crippen LogP contribution is 2.30. The third kappa shape index (κ3) is 5.09. The highest BCUT2D eigenvalue weighted by atomic mass is 16.1. The van der Waals surface area contributed by atoms with Gasteiger partial charge in [0, 0.05) is 62.5 Å². The number of hydrogen-bond donors (Lipinski definition) is 1. The number of benzene rings is 2. The Labute approximate surface area is 205 Å². The first-order chi connectivity index (χ1) is 17.1. The van der Waals surface area contributed by atoms with Gasteiger partial charge in [0.1, 0.15) is 5.82 Å². The van der Waals surface area contributed by atoms with Gasteiger partial charge in [-0.05, 0) is 24.1 Å². The van der Waals surface area contributed by atoms with Crippen LogP contribution in [-0.2, 0) is 17.8 Å². The van der Waals surface area contributed by atoms with Crippen molar-refractivity contribution in [2.45, 2.75) is 32.9 Å². The lowest BCUT2D eigenvalue weighted by atomic mass is 10.0. The molecule has 0 bridgehead atoms. The average molecular weight is 467 g/mol. The molecule has 1 aliphatic rings. The Hall–Kier alpha value is -4.00. The normalized spacial score (nSPS) is 15.9. The molecular weight excluding hydrogens is 436 g/mol. The van der Waals surface area contributed by atoms with Crippen LogP contribution in [0.4, 0.5) is 11.6 Å². The van der Waals surface area contributed by atoms with Crippen molar-refractivity contribution >= 4 is 28.3 Å². The molecule has 35 heavy (non-hydrogen) atoms. The highest BCUT2D eigenvalue weighted by molar-refractivity contribution is 5.93. The molecule has 0 unspecified atom stereocenters. The lowest BCUT2D eigenvalue weighted by Gasteiger charge is -2.41. The van der Waals surface area contributed by atoms with Crippen LogP contribution in [0.2, 0.25) is 0 Å². The van der Waals surface area contributed by atoms with Gasteiger partial charge in [-0.25, -0.2) is 4.98 Å². The summed E-state index contributed by atoms with van der Waals surface area (Å²) in [6.07, 6.45) is 2.61. The van der Waals surface area contributed by atoms with Crippen LogP contribution in [0.1, 0.15) is 30.7 Å². The van der Waals surface area contributed by atoms with E-state index in [2.05, 4.69) is 80.7 Å². The summed E-state index contributed by atoms with van der Waals surface area (Å²) in [5.74, 6) is 1.86.